The lowest BCUT2D eigenvalue weighted by atomic mass is 10.2. The summed E-state index contributed by atoms with van der Waals surface area (Å²) in [6.45, 7) is 0. The number of hydrogen-bond donors (Lipinski definition) is 1. The van der Waals surface area contributed by atoms with Crippen molar-refractivity contribution in [1.29, 1.82) is 0 Å². The van der Waals surface area contributed by atoms with E-state index in [0.717, 1.165) is 11.6 Å². The molecule has 8 nitrogen and oxygen atoms in total. The number of nitro groups is 1. The molecule has 0 unspecified atom stereocenters. The number of halogens is 1. The minimum absolute atomic E-state index is 0.147. The molecular formula is C19H12ClN3O5S. The summed E-state index contributed by atoms with van der Waals surface area (Å²) >= 11 is 5.74. The number of hydrogen-bond acceptors (Lipinski definition) is 6. The maximum Gasteiger partial charge on any atom is 0.289 e. The Morgan fingerprint density at radius 2 is 1.79 bits per heavy atom. The summed E-state index contributed by atoms with van der Waals surface area (Å²) < 4.78 is 33.3. The summed E-state index contributed by atoms with van der Waals surface area (Å²) in [4.78, 5) is 14.4. The van der Waals surface area contributed by atoms with Crippen LogP contribution in [0.3, 0.4) is 0 Å². The van der Waals surface area contributed by atoms with Gasteiger partial charge in [0.15, 0.2) is 5.58 Å². The van der Waals surface area contributed by atoms with E-state index < -0.39 is 20.6 Å². The van der Waals surface area contributed by atoms with Crippen LogP contribution in [0.15, 0.2) is 76.0 Å². The fraction of sp³-hybridized carbons (Fsp3) is 0. The fourth-order valence-corrected chi connectivity index (χ4v) is 3.96. The topological polar surface area (TPSA) is 115 Å². The van der Waals surface area contributed by atoms with Gasteiger partial charge in [0.1, 0.15) is 10.5 Å². The van der Waals surface area contributed by atoms with Crippen LogP contribution in [0.5, 0.6) is 0 Å². The average molecular weight is 430 g/mol. The molecule has 4 aromatic rings. The molecule has 0 saturated heterocycles. The molecule has 0 spiro atoms. The van der Waals surface area contributed by atoms with Crippen molar-refractivity contribution in [2.75, 3.05) is 4.72 Å². The molecule has 0 amide bonds. The van der Waals surface area contributed by atoms with Crippen LogP contribution in [0, 0.1) is 10.1 Å². The van der Waals surface area contributed by atoms with Crippen molar-refractivity contribution >= 4 is 44.1 Å². The average Bonchev–Trinajstić information content (AvgIpc) is 3.11. The highest BCUT2D eigenvalue weighted by molar-refractivity contribution is 7.92. The highest BCUT2D eigenvalue weighted by Gasteiger charge is 2.21. The van der Waals surface area contributed by atoms with E-state index in [9.17, 15) is 18.5 Å². The molecule has 1 N–H and O–H groups in total. The number of oxazole rings is 1. The quantitative estimate of drug-likeness (QED) is 0.358. The maximum absolute atomic E-state index is 12.6. The number of anilines is 1. The summed E-state index contributed by atoms with van der Waals surface area (Å²) in [6.07, 6.45) is 0. The van der Waals surface area contributed by atoms with Gasteiger partial charge in [-0.1, -0.05) is 29.8 Å². The largest absolute Gasteiger partial charge is 0.436 e. The molecule has 0 bridgehead atoms. The molecule has 0 fully saturated rings. The van der Waals surface area contributed by atoms with Crippen LogP contribution in [-0.4, -0.2) is 18.3 Å². The first-order chi connectivity index (χ1) is 13.8. The molecule has 0 aliphatic rings. The molecule has 3 aromatic carbocycles. The van der Waals surface area contributed by atoms with E-state index in [1.54, 1.807) is 6.07 Å². The Balaban J connectivity index is 1.67. The monoisotopic (exact) mass is 429 g/mol. The van der Waals surface area contributed by atoms with E-state index in [1.165, 1.54) is 24.3 Å². The molecule has 0 aliphatic heterocycles. The predicted octanol–water partition coefficient (Wildman–Crippen LogP) is 4.86. The van der Waals surface area contributed by atoms with Gasteiger partial charge in [0.05, 0.1) is 15.5 Å². The first-order valence-corrected chi connectivity index (χ1v) is 10.1. The van der Waals surface area contributed by atoms with Gasteiger partial charge < -0.3 is 4.42 Å². The number of nitro benzene ring substituents is 1. The number of benzene rings is 3. The number of nitrogens with one attached hydrogen (secondary N) is 1. The summed E-state index contributed by atoms with van der Waals surface area (Å²) in [5.74, 6) is 0.411. The first-order valence-electron chi connectivity index (χ1n) is 8.26. The van der Waals surface area contributed by atoms with Crippen LogP contribution in [0.2, 0.25) is 5.02 Å². The second kappa shape index (κ2) is 7.19. The van der Waals surface area contributed by atoms with E-state index in [2.05, 4.69) is 9.71 Å². The Hall–Kier alpha value is -3.43. The highest BCUT2D eigenvalue weighted by atomic mass is 35.5. The number of sulfonamides is 1. The second-order valence-corrected chi connectivity index (χ2v) is 8.13. The van der Waals surface area contributed by atoms with Crippen LogP contribution in [0.25, 0.3) is 22.6 Å². The fourth-order valence-electron chi connectivity index (χ4n) is 2.71. The van der Waals surface area contributed by atoms with E-state index in [4.69, 9.17) is 16.0 Å². The molecule has 29 heavy (non-hydrogen) atoms. The zero-order valence-electron chi connectivity index (χ0n) is 14.6. The molecule has 0 radical (unpaired) electrons. The third-order valence-corrected chi connectivity index (χ3v) is 5.78. The standard InChI is InChI=1S/C19H12ClN3O5S/c20-15-8-7-14(11-17(15)23(24)25)29(26,27)22-13-6-9-18-16(10-13)21-19(28-18)12-4-2-1-3-5-12/h1-11,22H. The van der Waals surface area contributed by atoms with Crippen LogP contribution >= 0.6 is 11.6 Å². The Morgan fingerprint density at radius 3 is 2.52 bits per heavy atom. The Labute approximate surface area is 170 Å². The molecule has 0 aliphatic carbocycles. The molecule has 1 heterocycles. The SMILES string of the molecule is O=[N+]([O-])c1cc(S(=O)(=O)Nc2ccc3oc(-c4ccccc4)nc3c2)ccc1Cl. The maximum atomic E-state index is 12.6. The third-order valence-electron chi connectivity index (χ3n) is 4.09. The molecule has 1 aromatic heterocycles. The Kier molecular flexibility index (Phi) is 4.69. The second-order valence-electron chi connectivity index (χ2n) is 6.04. The van der Waals surface area contributed by atoms with Gasteiger partial charge in [-0.25, -0.2) is 13.4 Å². The van der Waals surface area contributed by atoms with Gasteiger partial charge in [0.25, 0.3) is 15.7 Å². The number of nitrogens with zero attached hydrogens (tertiary/aromatic N) is 2. The zero-order chi connectivity index (χ0) is 20.6. The lowest BCUT2D eigenvalue weighted by Gasteiger charge is -2.08. The van der Waals surface area contributed by atoms with Gasteiger partial charge in [0, 0.05) is 11.6 Å². The Morgan fingerprint density at radius 1 is 1.03 bits per heavy atom. The van der Waals surface area contributed by atoms with Gasteiger partial charge >= 0.3 is 0 Å². The molecular weight excluding hydrogens is 418 g/mol. The Bertz CT molecular complexity index is 1340. The summed E-state index contributed by atoms with van der Waals surface area (Å²) in [6, 6.07) is 17.2. The molecule has 0 saturated carbocycles. The number of aromatic nitrogens is 1. The number of fused-ring (bicyclic) bond motifs is 1. The summed E-state index contributed by atoms with van der Waals surface area (Å²) in [5, 5.41) is 10.9. The smallest absolute Gasteiger partial charge is 0.289 e. The minimum Gasteiger partial charge on any atom is -0.436 e. The van der Waals surface area contributed by atoms with Crippen LogP contribution < -0.4 is 4.72 Å². The third kappa shape index (κ3) is 3.78. The van der Waals surface area contributed by atoms with Crippen molar-refractivity contribution in [3.8, 4) is 11.5 Å². The van der Waals surface area contributed by atoms with E-state index in [0.29, 0.717) is 17.0 Å². The zero-order valence-corrected chi connectivity index (χ0v) is 16.1. The van der Waals surface area contributed by atoms with E-state index in [1.807, 2.05) is 30.3 Å². The number of rotatable bonds is 5. The van der Waals surface area contributed by atoms with Gasteiger partial charge in [0.2, 0.25) is 5.89 Å². The molecule has 10 heteroatoms. The van der Waals surface area contributed by atoms with Crippen molar-refractivity contribution in [1.82, 2.24) is 4.98 Å². The normalized spacial score (nSPS) is 11.5. The lowest BCUT2D eigenvalue weighted by molar-refractivity contribution is -0.384. The lowest BCUT2D eigenvalue weighted by Crippen LogP contribution is -2.13. The first kappa shape index (κ1) is 18.9. The van der Waals surface area contributed by atoms with Crippen LogP contribution in [0.1, 0.15) is 0 Å². The predicted molar refractivity (Wildman–Crippen MR) is 108 cm³/mol. The van der Waals surface area contributed by atoms with Crippen LogP contribution in [0.4, 0.5) is 11.4 Å². The van der Waals surface area contributed by atoms with Crippen molar-refractivity contribution in [2.24, 2.45) is 0 Å². The van der Waals surface area contributed by atoms with Crippen molar-refractivity contribution < 1.29 is 17.8 Å². The molecule has 4 rings (SSSR count). The van der Waals surface area contributed by atoms with Crippen molar-refractivity contribution in [3.05, 3.63) is 81.9 Å². The molecule has 146 valence electrons. The van der Waals surface area contributed by atoms with Gasteiger partial charge in [-0.15, -0.1) is 0 Å². The highest BCUT2D eigenvalue weighted by Crippen LogP contribution is 2.29. The van der Waals surface area contributed by atoms with Crippen LogP contribution in [-0.2, 0) is 10.0 Å². The van der Waals surface area contributed by atoms with Gasteiger partial charge in [-0.2, -0.15) is 0 Å². The van der Waals surface area contributed by atoms with E-state index in [-0.39, 0.29) is 15.6 Å². The molecule has 0 atom stereocenters. The van der Waals surface area contributed by atoms with Crippen molar-refractivity contribution in [2.45, 2.75) is 4.90 Å². The van der Waals surface area contributed by atoms with Crippen molar-refractivity contribution in [3.63, 3.8) is 0 Å². The summed E-state index contributed by atoms with van der Waals surface area (Å²) in [7, 11) is -4.07. The summed E-state index contributed by atoms with van der Waals surface area (Å²) in [5.41, 5.74) is 1.50. The van der Waals surface area contributed by atoms with Gasteiger partial charge in [-0.3, -0.25) is 14.8 Å². The van der Waals surface area contributed by atoms with Gasteiger partial charge in [-0.05, 0) is 42.5 Å². The van der Waals surface area contributed by atoms with E-state index >= 15 is 0 Å². The minimum atomic E-state index is -4.07.